The molecule has 270 valence electrons. The minimum absolute atomic E-state index is 0.0637. The Bertz CT molecular complexity index is 1630. The van der Waals surface area contributed by atoms with Crippen LogP contribution in [0.3, 0.4) is 0 Å². The van der Waals surface area contributed by atoms with Gasteiger partial charge in [0.1, 0.15) is 11.6 Å². The maximum atomic E-state index is 13.7. The highest BCUT2D eigenvalue weighted by Crippen LogP contribution is 2.29. The van der Waals surface area contributed by atoms with Crippen molar-refractivity contribution < 1.29 is 37.0 Å². The van der Waals surface area contributed by atoms with E-state index >= 15 is 0 Å². The van der Waals surface area contributed by atoms with E-state index in [4.69, 9.17) is 19.9 Å². The maximum Gasteiger partial charge on any atom is 0.410 e. The van der Waals surface area contributed by atoms with E-state index in [2.05, 4.69) is 10.6 Å². The normalized spacial score (nSPS) is 17.1. The summed E-state index contributed by atoms with van der Waals surface area (Å²) in [6.07, 6.45) is -0.801. The summed E-state index contributed by atoms with van der Waals surface area (Å²) in [4.78, 5) is 40.7. The van der Waals surface area contributed by atoms with Crippen LogP contribution in [0.15, 0.2) is 89.8 Å². The summed E-state index contributed by atoms with van der Waals surface area (Å²) < 4.78 is 43.1. The van der Waals surface area contributed by atoms with Crippen LogP contribution in [-0.2, 0) is 28.8 Å². The molecule has 1 heterocycles. The third-order valence-electron chi connectivity index (χ3n) is 8.17. The molecule has 0 aromatic heterocycles. The van der Waals surface area contributed by atoms with Crippen molar-refractivity contribution in [3.05, 3.63) is 96.1 Å². The molecular weight excluding hydrogens is 660 g/mol. The zero-order chi connectivity index (χ0) is 36.3. The van der Waals surface area contributed by atoms with Crippen LogP contribution in [-0.4, -0.2) is 87.8 Å². The van der Waals surface area contributed by atoms with Gasteiger partial charge >= 0.3 is 12.2 Å². The first-order valence-electron chi connectivity index (χ1n) is 16.7. The molecule has 13 heteroatoms. The monoisotopic (exact) mass is 708 g/mol. The summed E-state index contributed by atoms with van der Waals surface area (Å²) in [5.74, 6) is -1.17. The number of unbranched alkanes of at least 4 members (excludes halogenated alkanes) is 1. The summed E-state index contributed by atoms with van der Waals surface area (Å²) in [6.45, 7) is 5.93. The third-order valence-corrected chi connectivity index (χ3v) is 9.97. The Labute approximate surface area is 294 Å². The van der Waals surface area contributed by atoms with Crippen LogP contribution in [0.2, 0.25) is 0 Å². The second-order valence-corrected chi connectivity index (χ2v) is 15.3. The maximum absolute atomic E-state index is 13.7. The standard InChI is InChI=1S/C37H48N4O8S/c1-37(2,3)49-36(44)41-23-29(48-30(24-41)25-50(45,46)31-20-18-28(38)19-21-31)17-11-12-22-39-34(42)33(40-35(43)47-4)32(26-13-7-5-8-14-26)27-15-9-6-10-16-27/h5-10,13-16,18-21,29-30,32-33H,11-12,17,22-25,38H2,1-4H3,(H,39,42)(H,40,43)/t29?,30-,33-/m0/s1. The van der Waals surface area contributed by atoms with Gasteiger partial charge in [0.15, 0.2) is 9.84 Å². The van der Waals surface area contributed by atoms with Gasteiger partial charge in [-0.25, -0.2) is 18.0 Å². The number of carbonyl (C=O) groups is 3. The lowest BCUT2D eigenvalue weighted by atomic mass is 9.84. The van der Waals surface area contributed by atoms with E-state index < -0.39 is 51.8 Å². The predicted molar refractivity (Wildman–Crippen MR) is 190 cm³/mol. The Balaban J connectivity index is 1.40. The van der Waals surface area contributed by atoms with Gasteiger partial charge in [0.05, 0.1) is 43.1 Å². The molecule has 0 saturated carbocycles. The zero-order valence-electron chi connectivity index (χ0n) is 29.0. The largest absolute Gasteiger partial charge is 0.453 e. The number of hydrogen-bond acceptors (Lipinski definition) is 9. The first-order valence-corrected chi connectivity index (χ1v) is 18.3. The number of amides is 3. The Kier molecular flexibility index (Phi) is 13.3. The van der Waals surface area contributed by atoms with Gasteiger partial charge in [-0.15, -0.1) is 0 Å². The van der Waals surface area contributed by atoms with Crippen molar-refractivity contribution in [3.63, 3.8) is 0 Å². The molecular formula is C37H48N4O8S. The molecule has 3 aromatic rings. The second kappa shape index (κ2) is 17.3. The van der Waals surface area contributed by atoms with E-state index in [0.29, 0.717) is 31.5 Å². The summed E-state index contributed by atoms with van der Waals surface area (Å²) in [5.41, 5.74) is 7.17. The third kappa shape index (κ3) is 11.2. The van der Waals surface area contributed by atoms with Crippen molar-refractivity contribution in [3.8, 4) is 0 Å². The predicted octanol–water partition coefficient (Wildman–Crippen LogP) is 4.89. The Morgan fingerprint density at radius 3 is 2.04 bits per heavy atom. The highest BCUT2D eigenvalue weighted by Gasteiger charge is 2.36. The van der Waals surface area contributed by atoms with Crippen LogP contribution >= 0.6 is 0 Å². The highest BCUT2D eigenvalue weighted by atomic mass is 32.2. The van der Waals surface area contributed by atoms with Crippen LogP contribution in [0.5, 0.6) is 0 Å². The van der Waals surface area contributed by atoms with E-state index in [9.17, 15) is 22.8 Å². The van der Waals surface area contributed by atoms with E-state index in [1.807, 2.05) is 60.7 Å². The Morgan fingerprint density at radius 1 is 0.900 bits per heavy atom. The number of hydrogen-bond donors (Lipinski definition) is 3. The minimum Gasteiger partial charge on any atom is -0.453 e. The van der Waals surface area contributed by atoms with Gasteiger partial charge in [-0.3, -0.25) is 4.79 Å². The number of nitrogens with one attached hydrogen (secondary N) is 2. The molecule has 1 fully saturated rings. The average Bonchev–Trinajstić information content (AvgIpc) is 3.07. The number of alkyl carbamates (subject to hydrolysis) is 1. The van der Waals surface area contributed by atoms with Gasteiger partial charge in [0, 0.05) is 18.2 Å². The van der Waals surface area contributed by atoms with Crippen molar-refractivity contribution in [1.82, 2.24) is 15.5 Å². The topological polar surface area (TPSA) is 166 Å². The number of benzene rings is 3. The average molecular weight is 709 g/mol. The quantitative estimate of drug-likeness (QED) is 0.166. The molecule has 50 heavy (non-hydrogen) atoms. The first kappa shape index (κ1) is 38.2. The van der Waals surface area contributed by atoms with Gasteiger partial charge in [-0.1, -0.05) is 60.7 Å². The number of ether oxygens (including phenoxy) is 3. The van der Waals surface area contributed by atoms with Crippen molar-refractivity contribution in [2.24, 2.45) is 0 Å². The summed E-state index contributed by atoms with van der Waals surface area (Å²) in [7, 11) is -2.49. The smallest absolute Gasteiger partial charge is 0.410 e. The van der Waals surface area contributed by atoms with E-state index in [-0.39, 0.29) is 29.6 Å². The lowest BCUT2D eigenvalue weighted by Crippen LogP contribution is -2.53. The number of methoxy groups -OCH3 is 1. The number of nitrogen functional groups attached to an aromatic ring is 1. The molecule has 0 aliphatic carbocycles. The van der Waals surface area contributed by atoms with Gasteiger partial charge in [-0.05, 0) is 75.4 Å². The molecule has 1 saturated heterocycles. The van der Waals surface area contributed by atoms with Gasteiger partial charge in [0.25, 0.3) is 0 Å². The molecule has 3 aromatic carbocycles. The molecule has 0 bridgehead atoms. The first-order chi connectivity index (χ1) is 23.8. The minimum atomic E-state index is -3.73. The van der Waals surface area contributed by atoms with E-state index in [1.165, 1.54) is 36.3 Å². The zero-order valence-corrected chi connectivity index (χ0v) is 29.9. The lowest BCUT2D eigenvalue weighted by Gasteiger charge is -2.38. The van der Waals surface area contributed by atoms with Crippen molar-refractivity contribution >= 4 is 33.6 Å². The van der Waals surface area contributed by atoms with Crippen molar-refractivity contribution in [2.75, 3.05) is 38.2 Å². The van der Waals surface area contributed by atoms with Crippen molar-refractivity contribution in [1.29, 1.82) is 0 Å². The highest BCUT2D eigenvalue weighted by molar-refractivity contribution is 7.91. The second-order valence-electron chi connectivity index (χ2n) is 13.3. The number of carbonyl (C=O) groups excluding carboxylic acids is 3. The van der Waals surface area contributed by atoms with Crippen LogP contribution in [0.4, 0.5) is 15.3 Å². The number of morpholine rings is 1. The molecule has 12 nitrogen and oxygen atoms in total. The molecule has 3 atom stereocenters. The molecule has 1 aliphatic heterocycles. The molecule has 4 N–H and O–H groups in total. The van der Waals surface area contributed by atoms with Gasteiger partial charge in [-0.2, -0.15) is 0 Å². The summed E-state index contributed by atoms with van der Waals surface area (Å²) in [6, 6.07) is 24.0. The number of nitrogens with zero attached hydrogens (tertiary/aromatic N) is 1. The van der Waals surface area contributed by atoms with E-state index in [1.54, 1.807) is 20.8 Å². The SMILES string of the molecule is COC(=O)N[C@H](C(=O)NCCCCC1CN(C(=O)OC(C)(C)C)C[C@@H](CS(=O)(=O)c2ccc(N)cc2)O1)C(c1ccccc1)c1ccccc1. The molecule has 0 radical (unpaired) electrons. The van der Waals surface area contributed by atoms with Crippen LogP contribution < -0.4 is 16.4 Å². The number of sulfone groups is 1. The fourth-order valence-corrected chi connectivity index (χ4v) is 7.29. The van der Waals surface area contributed by atoms with Gasteiger partial charge < -0.3 is 35.5 Å². The molecule has 3 amide bonds. The Morgan fingerprint density at radius 2 is 1.48 bits per heavy atom. The number of anilines is 1. The van der Waals surface area contributed by atoms with Gasteiger partial charge in [0.2, 0.25) is 5.91 Å². The van der Waals surface area contributed by atoms with Crippen LogP contribution in [0.25, 0.3) is 0 Å². The lowest BCUT2D eigenvalue weighted by molar-refractivity contribution is -0.123. The molecule has 0 spiro atoms. The van der Waals surface area contributed by atoms with Crippen molar-refractivity contribution in [2.45, 2.75) is 74.7 Å². The van der Waals surface area contributed by atoms with Crippen LogP contribution in [0.1, 0.15) is 57.1 Å². The van der Waals surface area contributed by atoms with Crippen LogP contribution in [0, 0.1) is 0 Å². The fraction of sp³-hybridized carbons (Fsp3) is 0.432. The molecule has 4 rings (SSSR count). The number of nitrogens with two attached hydrogens (primary N) is 1. The number of rotatable bonds is 13. The molecule has 1 aliphatic rings. The summed E-state index contributed by atoms with van der Waals surface area (Å²) in [5, 5.41) is 5.69. The Hall–Kier alpha value is -4.62. The van der Waals surface area contributed by atoms with E-state index in [0.717, 1.165) is 11.1 Å². The summed E-state index contributed by atoms with van der Waals surface area (Å²) >= 11 is 0. The molecule has 1 unspecified atom stereocenters. The fourth-order valence-electron chi connectivity index (χ4n) is 5.87.